The highest BCUT2D eigenvalue weighted by atomic mass is 35.5. The van der Waals surface area contributed by atoms with Crippen LogP contribution < -0.4 is 5.32 Å². The third-order valence-corrected chi connectivity index (χ3v) is 4.41. The van der Waals surface area contributed by atoms with Crippen molar-refractivity contribution >= 4 is 23.3 Å². The number of halogens is 2. The fourth-order valence-electron chi connectivity index (χ4n) is 2.66. The zero-order chi connectivity index (χ0) is 16.2. The largest absolute Gasteiger partial charge is 0.378 e. The number of nitrogens with zero attached hydrogens (tertiary/aromatic N) is 1. The summed E-state index contributed by atoms with van der Waals surface area (Å²) < 4.78 is 18.8. The lowest BCUT2D eigenvalue weighted by atomic mass is 9.88. The van der Waals surface area contributed by atoms with Gasteiger partial charge in [-0.2, -0.15) is 0 Å². The van der Waals surface area contributed by atoms with Crippen molar-refractivity contribution in [1.82, 2.24) is 4.90 Å². The van der Waals surface area contributed by atoms with Gasteiger partial charge in [0.25, 0.3) is 0 Å². The second kappa shape index (κ2) is 7.11. The number of rotatable bonds is 4. The summed E-state index contributed by atoms with van der Waals surface area (Å²) >= 11 is 5.96. The van der Waals surface area contributed by atoms with E-state index in [1.165, 1.54) is 18.2 Å². The minimum atomic E-state index is -0.442. The molecule has 22 heavy (non-hydrogen) atoms. The third kappa shape index (κ3) is 3.78. The van der Waals surface area contributed by atoms with E-state index < -0.39 is 5.82 Å². The maximum atomic E-state index is 13.2. The number of nitrogens with one attached hydrogen (secondary N) is 1. The van der Waals surface area contributed by atoms with Crippen molar-refractivity contribution in [3.8, 4) is 0 Å². The van der Waals surface area contributed by atoms with Crippen molar-refractivity contribution in [2.45, 2.75) is 24.9 Å². The molecule has 0 unspecified atom stereocenters. The molecule has 6 heteroatoms. The minimum Gasteiger partial charge on any atom is -0.378 e. The van der Waals surface area contributed by atoms with Gasteiger partial charge in [-0.1, -0.05) is 17.7 Å². The predicted molar refractivity (Wildman–Crippen MR) is 85.8 cm³/mol. The molecule has 1 aromatic rings. The molecule has 0 aromatic heterocycles. The average Bonchev–Trinajstić information content (AvgIpc) is 2.52. The van der Waals surface area contributed by atoms with Gasteiger partial charge in [0.2, 0.25) is 0 Å². The Morgan fingerprint density at radius 3 is 2.82 bits per heavy atom. The molecular formula is C16H20ClFN2O2. The van der Waals surface area contributed by atoms with E-state index in [-0.39, 0.29) is 17.3 Å². The van der Waals surface area contributed by atoms with E-state index in [0.717, 1.165) is 19.3 Å². The van der Waals surface area contributed by atoms with Crippen molar-refractivity contribution in [1.29, 1.82) is 0 Å². The summed E-state index contributed by atoms with van der Waals surface area (Å²) in [7, 11) is 1.69. The normalized spacial score (nSPS) is 17.1. The van der Waals surface area contributed by atoms with Crippen LogP contribution in [0.5, 0.6) is 0 Å². The number of ether oxygens (including phenoxy) is 1. The van der Waals surface area contributed by atoms with E-state index in [1.807, 2.05) is 6.08 Å². The van der Waals surface area contributed by atoms with Gasteiger partial charge in [-0.05, 0) is 37.5 Å². The van der Waals surface area contributed by atoms with Crippen molar-refractivity contribution in [3.63, 3.8) is 0 Å². The van der Waals surface area contributed by atoms with Crippen LogP contribution in [0.25, 0.3) is 0 Å². The molecule has 0 radical (unpaired) electrons. The van der Waals surface area contributed by atoms with Gasteiger partial charge in [0, 0.05) is 20.2 Å². The van der Waals surface area contributed by atoms with Gasteiger partial charge in [0.15, 0.2) is 0 Å². The molecule has 1 heterocycles. The topological polar surface area (TPSA) is 41.6 Å². The number of likely N-dealkylation sites (tertiary alicyclic amines) is 1. The van der Waals surface area contributed by atoms with Crippen molar-refractivity contribution in [2.75, 3.05) is 25.5 Å². The Morgan fingerprint density at radius 2 is 2.23 bits per heavy atom. The molecule has 0 aliphatic carbocycles. The van der Waals surface area contributed by atoms with E-state index in [1.54, 1.807) is 12.0 Å². The Hall–Kier alpha value is -1.59. The quantitative estimate of drug-likeness (QED) is 0.847. The first-order valence-corrected chi connectivity index (χ1v) is 7.54. The van der Waals surface area contributed by atoms with Crippen LogP contribution in [0, 0.1) is 5.82 Å². The highest BCUT2D eigenvalue weighted by Crippen LogP contribution is 2.30. The molecule has 2 rings (SSSR count). The Labute approximate surface area is 134 Å². The number of carbonyl (C=O) groups excluding carboxylic acids is 1. The maximum absolute atomic E-state index is 13.2. The summed E-state index contributed by atoms with van der Waals surface area (Å²) in [6.07, 6.45) is 4.07. The van der Waals surface area contributed by atoms with E-state index in [9.17, 15) is 9.18 Å². The number of carbonyl (C=O) groups is 1. The van der Waals surface area contributed by atoms with Crippen LogP contribution in [-0.2, 0) is 4.74 Å². The number of amides is 2. The van der Waals surface area contributed by atoms with Gasteiger partial charge >= 0.3 is 6.03 Å². The molecular weight excluding hydrogens is 307 g/mol. The number of urea groups is 1. The SMILES string of the molecule is C=CCC1(OC)CCN(C(=O)Nc2cc(F)ccc2Cl)CC1. The fourth-order valence-corrected chi connectivity index (χ4v) is 2.82. The molecule has 1 aliphatic heterocycles. The Balaban J connectivity index is 1.98. The van der Waals surface area contributed by atoms with E-state index >= 15 is 0 Å². The number of hydrogen-bond donors (Lipinski definition) is 1. The molecule has 1 N–H and O–H groups in total. The molecule has 0 spiro atoms. The van der Waals surface area contributed by atoms with Gasteiger partial charge in [-0.3, -0.25) is 0 Å². The number of hydrogen-bond acceptors (Lipinski definition) is 2. The monoisotopic (exact) mass is 326 g/mol. The van der Waals surface area contributed by atoms with E-state index in [4.69, 9.17) is 16.3 Å². The van der Waals surface area contributed by atoms with Gasteiger partial charge in [0.05, 0.1) is 16.3 Å². The highest BCUT2D eigenvalue weighted by molar-refractivity contribution is 6.33. The summed E-state index contributed by atoms with van der Waals surface area (Å²) in [6, 6.07) is 3.60. The number of methoxy groups -OCH3 is 1. The second-order valence-electron chi connectivity index (χ2n) is 5.42. The molecule has 0 bridgehead atoms. The van der Waals surface area contributed by atoms with Crippen LogP contribution in [-0.4, -0.2) is 36.7 Å². The van der Waals surface area contributed by atoms with Crippen molar-refractivity contribution in [2.24, 2.45) is 0 Å². The fraction of sp³-hybridized carbons (Fsp3) is 0.438. The first kappa shape index (κ1) is 16.8. The molecule has 4 nitrogen and oxygen atoms in total. The van der Waals surface area contributed by atoms with Crippen LogP contribution in [0.4, 0.5) is 14.9 Å². The minimum absolute atomic E-state index is 0.241. The summed E-state index contributed by atoms with van der Waals surface area (Å²) in [5.41, 5.74) is 0.0380. The molecule has 1 aromatic carbocycles. The Morgan fingerprint density at radius 1 is 1.55 bits per heavy atom. The van der Waals surface area contributed by atoms with Gasteiger partial charge < -0.3 is 15.0 Å². The standard InChI is InChI=1S/C16H20ClFN2O2/c1-3-6-16(22-2)7-9-20(10-8-16)15(21)19-14-11-12(18)4-5-13(14)17/h3-5,11H,1,6-10H2,2H3,(H,19,21). The van der Waals surface area contributed by atoms with Crippen LogP contribution in [0.1, 0.15) is 19.3 Å². The number of benzene rings is 1. The van der Waals surface area contributed by atoms with Crippen LogP contribution in [0.2, 0.25) is 5.02 Å². The highest BCUT2D eigenvalue weighted by Gasteiger charge is 2.35. The predicted octanol–water partition coefficient (Wildman–Crippen LogP) is 4.07. The van der Waals surface area contributed by atoms with Gasteiger partial charge in [-0.15, -0.1) is 6.58 Å². The van der Waals surface area contributed by atoms with Gasteiger partial charge in [-0.25, -0.2) is 9.18 Å². The molecule has 0 atom stereocenters. The lowest BCUT2D eigenvalue weighted by molar-refractivity contribution is -0.0469. The Bertz CT molecular complexity index is 557. The Kier molecular flexibility index (Phi) is 5.42. The first-order valence-electron chi connectivity index (χ1n) is 7.17. The van der Waals surface area contributed by atoms with Gasteiger partial charge in [0.1, 0.15) is 5.82 Å². The second-order valence-corrected chi connectivity index (χ2v) is 5.83. The summed E-state index contributed by atoms with van der Waals surface area (Å²) in [6.45, 7) is 4.89. The molecule has 1 saturated heterocycles. The lowest BCUT2D eigenvalue weighted by Gasteiger charge is -2.40. The zero-order valence-electron chi connectivity index (χ0n) is 12.6. The molecule has 1 fully saturated rings. The lowest BCUT2D eigenvalue weighted by Crippen LogP contribution is -2.48. The van der Waals surface area contributed by atoms with Crippen LogP contribution in [0.3, 0.4) is 0 Å². The average molecular weight is 327 g/mol. The molecule has 1 aliphatic rings. The third-order valence-electron chi connectivity index (χ3n) is 4.08. The smallest absolute Gasteiger partial charge is 0.321 e. The summed E-state index contributed by atoms with van der Waals surface area (Å²) in [5.74, 6) is -0.442. The van der Waals surface area contributed by atoms with Crippen LogP contribution >= 0.6 is 11.6 Å². The van der Waals surface area contributed by atoms with Crippen LogP contribution in [0.15, 0.2) is 30.9 Å². The molecule has 2 amide bonds. The van der Waals surface area contributed by atoms with Crippen molar-refractivity contribution in [3.05, 3.63) is 41.7 Å². The summed E-state index contributed by atoms with van der Waals surface area (Å²) in [4.78, 5) is 13.9. The molecule has 120 valence electrons. The molecule has 0 saturated carbocycles. The first-order chi connectivity index (χ1) is 10.5. The zero-order valence-corrected chi connectivity index (χ0v) is 13.3. The number of piperidine rings is 1. The van der Waals surface area contributed by atoms with Crippen molar-refractivity contribution < 1.29 is 13.9 Å². The maximum Gasteiger partial charge on any atom is 0.321 e. The van der Waals surface area contributed by atoms with E-state index in [2.05, 4.69) is 11.9 Å². The van der Waals surface area contributed by atoms with E-state index in [0.29, 0.717) is 18.1 Å². The summed E-state index contributed by atoms with van der Waals surface area (Å²) in [5, 5.41) is 2.96. The number of anilines is 1.